The highest BCUT2D eigenvalue weighted by Gasteiger charge is 2.41. The molecule has 0 saturated carbocycles. The van der Waals surface area contributed by atoms with E-state index in [0.717, 1.165) is 0 Å². The molecule has 1 rings (SSSR count). The van der Waals surface area contributed by atoms with E-state index in [1.54, 1.807) is 20.8 Å². The van der Waals surface area contributed by atoms with Gasteiger partial charge in [-0.1, -0.05) is 0 Å². The Bertz CT molecular complexity index is 299. The van der Waals surface area contributed by atoms with E-state index in [0.29, 0.717) is 5.57 Å². The summed E-state index contributed by atoms with van der Waals surface area (Å²) in [5, 5.41) is 0. The van der Waals surface area contributed by atoms with Crippen LogP contribution in [0.5, 0.6) is 0 Å². The molecule has 0 aliphatic carbocycles. The van der Waals surface area contributed by atoms with Gasteiger partial charge in [-0.15, -0.1) is 0 Å². The standard InChI is InChI=1S/C9H12O4/c1-5-6(7(10)12-4)8(11)13-9(5,2)3/h1-4H3. The minimum absolute atomic E-state index is 0.0208. The first kappa shape index (κ1) is 9.77. The molecule has 0 unspecified atom stereocenters. The van der Waals surface area contributed by atoms with Crippen LogP contribution in [0.15, 0.2) is 11.1 Å². The van der Waals surface area contributed by atoms with Gasteiger partial charge in [0, 0.05) is 0 Å². The maximum Gasteiger partial charge on any atom is 0.346 e. The molecular formula is C9H12O4. The third kappa shape index (κ3) is 1.43. The highest BCUT2D eigenvalue weighted by atomic mass is 16.6. The Kier molecular flexibility index (Phi) is 2.15. The third-order valence-corrected chi connectivity index (χ3v) is 2.22. The van der Waals surface area contributed by atoms with Crippen molar-refractivity contribution in [3.05, 3.63) is 11.1 Å². The minimum Gasteiger partial charge on any atom is -0.465 e. The van der Waals surface area contributed by atoms with Crippen molar-refractivity contribution in [3.8, 4) is 0 Å². The lowest BCUT2D eigenvalue weighted by molar-refractivity contribution is -0.148. The first-order valence-electron chi connectivity index (χ1n) is 3.93. The van der Waals surface area contributed by atoms with Crippen LogP contribution < -0.4 is 0 Å². The Morgan fingerprint density at radius 1 is 1.46 bits per heavy atom. The predicted molar refractivity (Wildman–Crippen MR) is 44.9 cm³/mol. The molecule has 1 heterocycles. The van der Waals surface area contributed by atoms with Gasteiger partial charge in [0.25, 0.3) is 0 Å². The topological polar surface area (TPSA) is 52.6 Å². The summed E-state index contributed by atoms with van der Waals surface area (Å²) in [7, 11) is 1.24. The summed E-state index contributed by atoms with van der Waals surface area (Å²) in [4.78, 5) is 22.4. The maximum atomic E-state index is 11.2. The van der Waals surface area contributed by atoms with E-state index < -0.39 is 17.5 Å². The molecule has 0 bridgehead atoms. The summed E-state index contributed by atoms with van der Waals surface area (Å²) in [6.07, 6.45) is 0. The zero-order valence-corrected chi connectivity index (χ0v) is 8.13. The number of hydrogen-bond donors (Lipinski definition) is 0. The largest absolute Gasteiger partial charge is 0.465 e. The van der Waals surface area contributed by atoms with Crippen LogP contribution in [-0.4, -0.2) is 24.6 Å². The monoisotopic (exact) mass is 184 g/mol. The summed E-state index contributed by atoms with van der Waals surface area (Å²) < 4.78 is 9.45. The molecule has 72 valence electrons. The molecule has 0 amide bonds. The van der Waals surface area contributed by atoms with Gasteiger partial charge in [0.2, 0.25) is 0 Å². The zero-order chi connectivity index (χ0) is 10.2. The molecule has 0 aromatic heterocycles. The van der Waals surface area contributed by atoms with E-state index in [4.69, 9.17) is 4.74 Å². The Morgan fingerprint density at radius 3 is 2.31 bits per heavy atom. The average molecular weight is 184 g/mol. The van der Waals surface area contributed by atoms with Gasteiger partial charge < -0.3 is 9.47 Å². The first-order chi connectivity index (χ1) is 5.90. The lowest BCUT2D eigenvalue weighted by Gasteiger charge is -2.17. The molecule has 0 aromatic carbocycles. The molecule has 0 aromatic rings. The molecule has 4 heteroatoms. The maximum absolute atomic E-state index is 11.2. The Hall–Kier alpha value is -1.32. The number of cyclic esters (lactones) is 1. The minimum atomic E-state index is -0.694. The molecule has 0 atom stereocenters. The number of carbonyl (C=O) groups is 2. The number of carbonyl (C=O) groups excluding carboxylic acids is 2. The lowest BCUT2D eigenvalue weighted by atomic mass is 9.98. The fourth-order valence-corrected chi connectivity index (χ4v) is 1.15. The van der Waals surface area contributed by atoms with E-state index >= 15 is 0 Å². The van der Waals surface area contributed by atoms with Gasteiger partial charge >= 0.3 is 11.9 Å². The van der Waals surface area contributed by atoms with Gasteiger partial charge in [-0.05, 0) is 26.3 Å². The van der Waals surface area contributed by atoms with Crippen molar-refractivity contribution >= 4 is 11.9 Å². The number of methoxy groups -OCH3 is 1. The van der Waals surface area contributed by atoms with Gasteiger partial charge in [0.15, 0.2) is 0 Å². The number of hydrogen-bond acceptors (Lipinski definition) is 4. The van der Waals surface area contributed by atoms with E-state index in [-0.39, 0.29) is 5.57 Å². The smallest absolute Gasteiger partial charge is 0.346 e. The van der Waals surface area contributed by atoms with Crippen LogP contribution in [0.2, 0.25) is 0 Å². The van der Waals surface area contributed by atoms with Crippen molar-refractivity contribution in [3.63, 3.8) is 0 Å². The highest BCUT2D eigenvalue weighted by Crippen LogP contribution is 2.32. The van der Waals surface area contributed by atoms with E-state index in [1.165, 1.54) is 7.11 Å². The second kappa shape index (κ2) is 2.87. The van der Waals surface area contributed by atoms with Crippen molar-refractivity contribution in [2.24, 2.45) is 0 Å². The SMILES string of the molecule is COC(=O)C1=C(C)C(C)(C)OC1=O. The molecular weight excluding hydrogens is 172 g/mol. The van der Waals surface area contributed by atoms with Crippen LogP contribution in [0.25, 0.3) is 0 Å². The third-order valence-electron chi connectivity index (χ3n) is 2.22. The molecule has 1 aliphatic heterocycles. The molecule has 0 fully saturated rings. The van der Waals surface area contributed by atoms with Gasteiger partial charge in [0.1, 0.15) is 11.2 Å². The van der Waals surface area contributed by atoms with Gasteiger partial charge in [-0.25, -0.2) is 9.59 Å². The number of ether oxygens (including phenoxy) is 2. The fraction of sp³-hybridized carbons (Fsp3) is 0.556. The summed E-state index contributed by atoms with van der Waals surface area (Å²) in [5.41, 5.74) is -0.0579. The van der Waals surface area contributed by atoms with E-state index in [1.807, 2.05) is 0 Å². The molecule has 0 saturated heterocycles. The van der Waals surface area contributed by atoms with Crippen LogP contribution in [0.3, 0.4) is 0 Å². The summed E-state index contributed by atoms with van der Waals surface area (Å²) >= 11 is 0. The molecule has 1 aliphatic rings. The average Bonchev–Trinajstić information content (AvgIpc) is 2.21. The summed E-state index contributed by atoms with van der Waals surface area (Å²) in [6, 6.07) is 0. The number of rotatable bonds is 1. The predicted octanol–water partition coefficient (Wildman–Crippen LogP) is 0.811. The van der Waals surface area contributed by atoms with E-state index in [9.17, 15) is 9.59 Å². The van der Waals surface area contributed by atoms with Crippen LogP contribution in [0.1, 0.15) is 20.8 Å². The zero-order valence-electron chi connectivity index (χ0n) is 8.13. The molecule has 4 nitrogen and oxygen atoms in total. The first-order valence-corrected chi connectivity index (χ1v) is 3.93. The summed E-state index contributed by atoms with van der Waals surface area (Å²) in [5.74, 6) is -1.23. The highest BCUT2D eigenvalue weighted by molar-refractivity contribution is 6.16. The van der Waals surface area contributed by atoms with Crippen molar-refractivity contribution in [1.82, 2.24) is 0 Å². The fourth-order valence-electron chi connectivity index (χ4n) is 1.15. The lowest BCUT2D eigenvalue weighted by Crippen LogP contribution is -2.21. The molecule has 13 heavy (non-hydrogen) atoms. The van der Waals surface area contributed by atoms with Gasteiger partial charge in [-0.2, -0.15) is 0 Å². The quantitative estimate of drug-likeness (QED) is 0.447. The molecule has 0 spiro atoms. The van der Waals surface area contributed by atoms with Crippen molar-refractivity contribution < 1.29 is 19.1 Å². The Morgan fingerprint density at radius 2 is 2.00 bits per heavy atom. The Labute approximate surface area is 76.5 Å². The van der Waals surface area contributed by atoms with Crippen LogP contribution in [0, 0.1) is 0 Å². The van der Waals surface area contributed by atoms with Crippen LogP contribution in [0.4, 0.5) is 0 Å². The molecule has 0 N–H and O–H groups in total. The van der Waals surface area contributed by atoms with Gasteiger partial charge in [0.05, 0.1) is 7.11 Å². The second-order valence-corrected chi connectivity index (χ2v) is 3.39. The van der Waals surface area contributed by atoms with Crippen LogP contribution >= 0.6 is 0 Å². The molecule has 0 radical (unpaired) electrons. The van der Waals surface area contributed by atoms with Crippen LogP contribution in [-0.2, 0) is 19.1 Å². The van der Waals surface area contributed by atoms with Gasteiger partial charge in [-0.3, -0.25) is 0 Å². The van der Waals surface area contributed by atoms with Crippen molar-refractivity contribution in [1.29, 1.82) is 0 Å². The van der Waals surface area contributed by atoms with Crippen molar-refractivity contribution in [2.45, 2.75) is 26.4 Å². The normalized spacial score (nSPS) is 20.2. The van der Waals surface area contributed by atoms with Crippen molar-refractivity contribution in [2.75, 3.05) is 7.11 Å². The number of esters is 2. The van der Waals surface area contributed by atoms with E-state index in [2.05, 4.69) is 4.74 Å². The Balaban J connectivity index is 3.13. The second-order valence-electron chi connectivity index (χ2n) is 3.39. The summed E-state index contributed by atoms with van der Waals surface area (Å²) in [6.45, 7) is 5.16.